The summed E-state index contributed by atoms with van der Waals surface area (Å²) in [5.74, 6) is -0.963. The summed E-state index contributed by atoms with van der Waals surface area (Å²) in [6.07, 6.45) is 1.13. The first kappa shape index (κ1) is 26.6. The number of cyclic esters (lactones) is 1. The molecule has 192 valence electrons. The molecule has 4 rings (SSSR count). The summed E-state index contributed by atoms with van der Waals surface area (Å²) in [6, 6.07) is 8.99. The fourth-order valence-corrected chi connectivity index (χ4v) is 6.85. The Morgan fingerprint density at radius 2 is 2.00 bits per heavy atom. The average Bonchev–Trinajstić information content (AvgIpc) is 3.15. The average molecular weight is 529 g/mol. The van der Waals surface area contributed by atoms with Crippen molar-refractivity contribution in [2.45, 2.75) is 82.0 Å². The number of aromatic nitrogens is 1. The zero-order valence-electron chi connectivity index (χ0n) is 21.6. The molecule has 2 unspecified atom stereocenters. The van der Waals surface area contributed by atoms with Gasteiger partial charge in [0.25, 0.3) is 0 Å². The molecule has 1 fully saturated rings. The van der Waals surface area contributed by atoms with Crippen molar-refractivity contribution in [3.63, 3.8) is 0 Å². The molecule has 36 heavy (non-hydrogen) atoms. The predicted molar refractivity (Wildman–Crippen MR) is 145 cm³/mol. The summed E-state index contributed by atoms with van der Waals surface area (Å²) >= 11 is 2.64. The van der Waals surface area contributed by atoms with Gasteiger partial charge in [-0.15, -0.1) is 11.8 Å². The number of aryl methyl sites for hydroxylation is 1. The number of esters is 1. The fourth-order valence-electron chi connectivity index (χ4n) is 4.73. The highest BCUT2D eigenvalue weighted by atomic mass is 32.2. The largest absolute Gasteiger partial charge is 0.457 e. The number of nitrogens with two attached hydrogens (primary N) is 1. The number of ether oxygens (including phenoxy) is 1. The third kappa shape index (κ3) is 5.16. The first-order valence-electron chi connectivity index (χ1n) is 12.2. The first-order valence-corrected chi connectivity index (χ1v) is 13.9. The van der Waals surface area contributed by atoms with Gasteiger partial charge in [-0.1, -0.05) is 58.1 Å². The number of thiazole rings is 1. The van der Waals surface area contributed by atoms with Crippen LogP contribution in [0.4, 0.5) is 9.52 Å². The van der Waals surface area contributed by atoms with Gasteiger partial charge in [0.05, 0.1) is 10.2 Å². The highest BCUT2D eigenvalue weighted by molar-refractivity contribution is 8.01. The summed E-state index contributed by atoms with van der Waals surface area (Å²) < 4.78 is 21.1. The van der Waals surface area contributed by atoms with Crippen LogP contribution in [-0.4, -0.2) is 27.6 Å². The number of ketones is 1. The van der Waals surface area contributed by atoms with Crippen LogP contribution < -0.4 is 5.73 Å². The van der Waals surface area contributed by atoms with E-state index in [9.17, 15) is 14.0 Å². The van der Waals surface area contributed by atoms with Crippen molar-refractivity contribution in [3.05, 3.63) is 52.8 Å². The number of hydrogen-bond acceptors (Lipinski definition) is 7. The molecule has 0 aliphatic carbocycles. The number of carbonyl (C=O) groups is 2. The van der Waals surface area contributed by atoms with Crippen molar-refractivity contribution in [2.75, 3.05) is 5.73 Å². The highest BCUT2D eigenvalue weighted by Gasteiger charge is 2.49. The Balaban J connectivity index is 1.60. The fraction of sp³-hybridized carbons (Fsp3) is 0.464. The third-order valence-electron chi connectivity index (χ3n) is 7.09. The quantitative estimate of drug-likeness (QED) is 0.286. The molecule has 8 heteroatoms. The maximum atomic E-state index is 14.0. The minimum absolute atomic E-state index is 0.0631. The van der Waals surface area contributed by atoms with E-state index in [0.29, 0.717) is 23.5 Å². The van der Waals surface area contributed by atoms with Crippen LogP contribution in [0.1, 0.15) is 64.2 Å². The van der Waals surface area contributed by atoms with Gasteiger partial charge in [0.1, 0.15) is 11.4 Å². The number of carbonyl (C=O) groups excluding carboxylic acids is 2. The van der Waals surface area contributed by atoms with E-state index < -0.39 is 16.8 Å². The molecule has 0 saturated carbocycles. The number of hydrogen-bond donors (Lipinski definition) is 1. The number of halogens is 1. The molecule has 1 aliphatic rings. The summed E-state index contributed by atoms with van der Waals surface area (Å²) in [7, 11) is 0. The second-order valence-electron chi connectivity index (χ2n) is 10.9. The molecule has 2 aromatic carbocycles. The monoisotopic (exact) mass is 528 g/mol. The minimum atomic E-state index is -0.934. The second-order valence-corrected chi connectivity index (χ2v) is 13.1. The molecule has 2 heterocycles. The van der Waals surface area contributed by atoms with E-state index in [-0.39, 0.29) is 29.4 Å². The summed E-state index contributed by atoms with van der Waals surface area (Å²) in [5.41, 5.74) is 8.07. The minimum Gasteiger partial charge on any atom is -0.457 e. The third-order valence-corrected chi connectivity index (χ3v) is 9.22. The van der Waals surface area contributed by atoms with E-state index in [1.54, 1.807) is 13.0 Å². The van der Waals surface area contributed by atoms with E-state index in [1.165, 1.54) is 29.2 Å². The molecule has 2 N–H and O–H groups in total. The van der Waals surface area contributed by atoms with Gasteiger partial charge in [-0.25, -0.2) is 9.37 Å². The molecule has 1 aliphatic heterocycles. The standard InChI is InChI=1S/C28H33FN2O3S2/c1-15(2)28(11-10-17-8-7-9-19(29)16(17)3)14-21(32)24(25(33)34-28)35-22-13-23-20(31-26(30)36-23)12-18(22)27(4,5)6/h7-9,12-13,15,24H,10-11,14H2,1-6H3,(H2,30,31). The maximum Gasteiger partial charge on any atom is 0.327 e. The Hall–Kier alpha value is -2.45. The van der Waals surface area contributed by atoms with Crippen molar-refractivity contribution in [3.8, 4) is 0 Å². The smallest absolute Gasteiger partial charge is 0.327 e. The van der Waals surface area contributed by atoms with Crippen LogP contribution in [0.5, 0.6) is 0 Å². The summed E-state index contributed by atoms with van der Waals surface area (Å²) in [6.45, 7) is 11.9. The van der Waals surface area contributed by atoms with Crippen LogP contribution in [0.3, 0.4) is 0 Å². The molecule has 0 radical (unpaired) electrons. The molecular formula is C28H33FN2O3S2. The van der Waals surface area contributed by atoms with Crippen molar-refractivity contribution in [1.29, 1.82) is 0 Å². The van der Waals surface area contributed by atoms with E-state index in [1.807, 2.05) is 32.0 Å². The first-order chi connectivity index (χ1) is 16.8. The molecule has 0 spiro atoms. The number of nitrogen functional groups attached to an aromatic ring is 1. The SMILES string of the molecule is Cc1c(F)cccc1CCC1(C(C)C)CC(=O)C(Sc2cc3sc(N)nc3cc2C(C)(C)C)C(=O)O1. The second kappa shape index (κ2) is 9.78. The normalized spacial score (nSPS) is 20.8. The van der Waals surface area contributed by atoms with Gasteiger partial charge in [-0.05, 0) is 66.0 Å². The lowest BCUT2D eigenvalue weighted by Crippen LogP contribution is -2.52. The lowest BCUT2D eigenvalue weighted by atomic mass is 9.78. The van der Waals surface area contributed by atoms with E-state index in [0.717, 1.165) is 26.2 Å². The Morgan fingerprint density at radius 3 is 2.64 bits per heavy atom. The Kier molecular flexibility index (Phi) is 7.23. The predicted octanol–water partition coefficient (Wildman–Crippen LogP) is 6.63. The van der Waals surface area contributed by atoms with E-state index >= 15 is 0 Å². The number of anilines is 1. The maximum absolute atomic E-state index is 14.0. The molecule has 1 aromatic heterocycles. The molecule has 2 atom stereocenters. The van der Waals surface area contributed by atoms with E-state index in [2.05, 4.69) is 25.8 Å². The van der Waals surface area contributed by atoms with Crippen LogP contribution in [0.2, 0.25) is 0 Å². The molecule has 1 saturated heterocycles. The lowest BCUT2D eigenvalue weighted by Gasteiger charge is -2.42. The van der Waals surface area contributed by atoms with Gasteiger partial charge >= 0.3 is 5.97 Å². The Morgan fingerprint density at radius 1 is 1.28 bits per heavy atom. The Bertz CT molecular complexity index is 1310. The zero-order valence-corrected chi connectivity index (χ0v) is 23.2. The Labute approximate surface area is 220 Å². The molecule has 5 nitrogen and oxygen atoms in total. The molecule has 0 bridgehead atoms. The van der Waals surface area contributed by atoms with Gasteiger partial charge in [0, 0.05) is 11.3 Å². The number of rotatable bonds is 6. The zero-order chi connectivity index (χ0) is 26.4. The number of benzene rings is 2. The van der Waals surface area contributed by atoms with Crippen LogP contribution >= 0.6 is 23.1 Å². The number of fused-ring (bicyclic) bond motifs is 1. The highest BCUT2D eigenvalue weighted by Crippen LogP contribution is 2.44. The van der Waals surface area contributed by atoms with Crippen LogP contribution in [0.15, 0.2) is 35.2 Å². The van der Waals surface area contributed by atoms with Gasteiger partial charge in [-0.3, -0.25) is 9.59 Å². The van der Waals surface area contributed by atoms with Crippen LogP contribution in [0.25, 0.3) is 10.2 Å². The van der Waals surface area contributed by atoms with Crippen molar-refractivity contribution < 1.29 is 18.7 Å². The van der Waals surface area contributed by atoms with Crippen LogP contribution in [-0.2, 0) is 26.2 Å². The lowest BCUT2D eigenvalue weighted by molar-refractivity contribution is -0.176. The van der Waals surface area contributed by atoms with Crippen molar-refractivity contribution in [1.82, 2.24) is 4.98 Å². The van der Waals surface area contributed by atoms with Crippen molar-refractivity contribution >= 4 is 50.2 Å². The number of thioether (sulfide) groups is 1. The summed E-state index contributed by atoms with van der Waals surface area (Å²) in [5, 5.41) is -0.452. The summed E-state index contributed by atoms with van der Waals surface area (Å²) in [4.78, 5) is 32.1. The van der Waals surface area contributed by atoms with Crippen LogP contribution in [0, 0.1) is 18.7 Å². The van der Waals surface area contributed by atoms with Gasteiger partial charge < -0.3 is 10.5 Å². The molecule has 3 aromatic rings. The van der Waals surface area contributed by atoms with Gasteiger partial charge in [0.2, 0.25) is 0 Å². The number of Topliss-reactive ketones (excluding diaryl/α,β-unsaturated/α-hetero) is 1. The molecule has 0 amide bonds. The van der Waals surface area contributed by atoms with Crippen molar-refractivity contribution in [2.24, 2.45) is 5.92 Å². The molecular weight excluding hydrogens is 495 g/mol. The van der Waals surface area contributed by atoms with Gasteiger partial charge in [0.15, 0.2) is 16.2 Å². The number of nitrogens with zero attached hydrogens (tertiary/aromatic N) is 1. The topological polar surface area (TPSA) is 82.3 Å². The van der Waals surface area contributed by atoms with Gasteiger partial charge in [-0.2, -0.15) is 0 Å². The van der Waals surface area contributed by atoms with E-state index in [4.69, 9.17) is 10.5 Å².